The number of H-pyrrole nitrogens is 3. The van der Waals surface area contributed by atoms with Crippen LogP contribution in [0.1, 0.15) is 0 Å². The summed E-state index contributed by atoms with van der Waals surface area (Å²) in [6.45, 7) is 0. The van der Waals surface area contributed by atoms with Crippen molar-refractivity contribution in [2.45, 2.75) is 0 Å². The number of nitrogens with zero attached hydrogens (tertiary/aromatic N) is 1. The maximum absolute atomic E-state index is 5.19. The van der Waals surface area contributed by atoms with Crippen LogP contribution in [-0.4, -0.2) is 22.3 Å². The topological polar surface area (TPSA) is 67.8 Å². The highest BCUT2D eigenvalue weighted by Gasteiger charge is 2.15. The van der Waals surface area contributed by atoms with Crippen LogP contribution in [0, 0.1) is 0 Å². The van der Waals surface area contributed by atoms with Crippen LogP contribution >= 0.6 is 11.3 Å². The monoisotopic (exact) mass is 271 g/mol. The zero-order valence-electron chi connectivity index (χ0n) is 10.2. The van der Waals surface area contributed by atoms with Crippen molar-refractivity contribution in [1.82, 2.24) is 15.2 Å². The summed E-state index contributed by atoms with van der Waals surface area (Å²) in [7, 11) is 1.65. The Balaban J connectivity index is 1.93. The van der Waals surface area contributed by atoms with Crippen molar-refractivity contribution in [3.63, 3.8) is 0 Å². The molecule has 0 bridgehead atoms. The van der Waals surface area contributed by atoms with E-state index in [0.29, 0.717) is 0 Å². The van der Waals surface area contributed by atoms with E-state index < -0.39 is 0 Å². The Labute approximate surface area is 112 Å². The molecule has 0 fully saturated rings. The Morgan fingerprint density at radius 3 is 3.11 bits per heavy atom. The van der Waals surface area contributed by atoms with Crippen molar-refractivity contribution < 1.29 is 9.72 Å². The first-order chi connectivity index (χ1) is 9.35. The summed E-state index contributed by atoms with van der Waals surface area (Å²) in [4.78, 5) is 6.58. The molecule has 19 heavy (non-hydrogen) atoms. The van der Waals surface area contributed by atoms with Gasteiger partial charge >= 0.3 is 5.88 Å². The van der Waals surface area contributed by atoms with Crippen molar-refractivity contribution in [3.8, 4) is 17.3 Å². The van der Waals surface area contributed by atoms with E-state index in [1.807, 2.05) is 24.3 Å². The number of hydrogen-bond acceptors (Lipinski definition) is 3. The molecule has 4 rings (SSSR count). The molecule has 5 nitrogen and oxygen atoms in total. The first-order valence-corrected chi connectivity index (χ1v) is 6.74. The Morgan fingerprint density at radius 2 is 2.21 bits per heavy atom. The minimum absolute atomic E-state index is 0.737. The fourth-order valence-corrected chi connectivity index (χ4v) is 3.06. The quantitative estimate of drug-likeness (QED) is 0.588. The normalized spacial score (nSPS) is 11.4. The fraction of sp³-hybridized carbons (Fsp3) is 0.0769. The van der Waals surface area contributed by atoms with Gasteiger partial charge in [0, 0.05) is 6.07 Å². The van der Waals surface area contributed by atoms with Gasteiger partial charge in [-0.3, -0.25) is 5.10 Å². The minimum Gasteiger partial charge on any atom is -0.448 e. The second kappa shape index (κ2) is 3.83. The Kier molecular flexibility index (Phi) is 2.13. The molecule has 4 aromatic heterocycles. The molecular formula is C13H11N4OS+. The third-order valence-corrected chi connectivity index (χ3v) is 4.07. The molecule has 0 saturated carbocycles. The van der Waals surface area contributed by atoms with Gasteiger partial charge in [0.25, 0.3) is 0 Å². The first kappa shape index (κ1) is 10.6. The van der Waals surface area contributed by atoms with E-state index in [2.05, 4.69) is 25.5 Å². The fourth-order valence-electron chi connectivity index (χ4n) is 2.22. The van der Waals surface area contributed by atoms with Crippen molar-refractivity contribution >= 4 is 32.6 Å². The van der Waals surface area contributed by atoms with E-state index in [0.717, 1.165) is 33.8 Å². The van der Waals surface area contributed by atoms with Gasteiger partial charge in [0.15, 0.2) is 0 Å². The van der Waals surface area contributed by atoms with E-state index in [9.17, 15) is 0 Å². The summed E-state index contributed by atoms with van der Waals surface area (Å²) in [5, 5.41) is 9.47. The maximum atomic E-state index is 5.19. The van der Waals surface area contributed by atoms with Crippen molar-refractivity contribution in [3.05, 3.63) is 29.6 Å². The van der Waals surface area contributed by atoms with Crippen LogP contribution in [0.2, 0.25) is 0 Å². The van der Waals surface area contributed by atoms with Crippen LogP contribution in [0.25, 0.3) is 32.6 Å². The molecule has 0 aliphatic rings. The molecule has 0 aromatic carbocycles. The molecule has 0 saturated heterocycles. The average Bonchev–Trinajstić information content (AvgIpc) is 3.11. The second-order valence-electron chi connectivity index (χ2n) is 4.27. The summed E-state index contributed by atoms with van der Waals surface area (Å²) in [6.07, 6.45) is 0. The number of ether oxygens (including phenoxy) is 1. The van der Waals surface area contributed by atoms with Gasteiger partial charge in [-0.2, -0.15) is 10.1 Å². The SMILES string of the molecule is COc1ccc2[nH]c(-c3n[nH]c4ccsc34)cc2[nH+]1. The third-order valence-electron chi connectivity index (χ3n) is 3.15. The van der Waals surface area contributed by atoms with Crippen LogP contribution in [0.4, 0.5) is 0 Å². The van der Waals surface area contributed by atoms with Crippen LogP contribution < -0.4 is 9.72 Å². The Hall–Kier alpha value is -2.34. The number of fused-ring (bicyclic) bond motifs is 2. The zero-order valence-corrected chi connectivity index (χ0v) is 11.0. The zero-order chi connectivity index (χ0) is 12.8. The molecule has 0 radical (unpaired) electrons. The smallest absolute Gasteiger partial charge is 0.366 e. The predicted octanol–water partition coefficient (Wildman–Crippen LogP) is 2.60. The lowest BCUT2D eigenvalue weighted by Crippen LogP contribution is -2.06. The summed E-state index contributed by atoms with van der Waals surface area (Å²) in [6, 6.07) is 7.97. The molecule has 94 valence electrons. The summed E-state index contributed by atoms with van der Waals surface area (Å²) >= 11 is 1.68. The molecule has 4 aromatic rings. The third kappa shape index (κ3) is 1.53. The van der Waals surface area contributed by atoms with Crippen LogP contribution in [0.3, 0.4) is 0 Å². The average molecular weight is 271 g/mol. The molecular weight excluding hydrogens is 260 g/mol. The predicted molar refractivity (Wildman–Crippen MR) is 74.4 cm³/mol. The Morgan fingerprint density at radius 1 is 1.26 bits per heavy atom. The molecule has 4 heterocycles. The maximum Gasteiger partial charge on any atom is 0.366 e. The molecule has 6 heteroatoms. The van der Waals surface area contributed by atoms with E-state index in [-0.39, 0.29) is 0 Å². The van der Waals surface area contributed by atoms with Gasteiger partial charge in [-0.15, -0.1) is 11.3 Å². The van der Waals surface area contributed by atoms with Crippen molar-refractivity contribution in [1.29, 1.82) is 0 Å². The van der Waals surface area contributed by atoms with E-state index in [4.69, 9.17) is 4.74 Å². The van der Waals surface area contributed by atoms with E-state index >= 15 is 0 Å². The van der Waals surface area contributed by atoms with E-state index in [1.54, 1.807) is 18.4 Å². The Bertz CT molecular complexity index is 873. The van der Waals surface area contributed by atoms with Gasteiger partial charge in [0.2, 0.25) is 5.52 Å². The number of aromatic amines is 3. The van der Waals surface area contributed by atoms with Gasteiger partial charge in [-0.25, -0.2) is 0 Å². The highest BCUT2D eigenvalue weighted by atomic mass is 32.1. The second-order valence-corrected chi connectivity index (χ2v) is 5.19. The highest BCUT2D eigenvalue weighted by Crippen LogP contribution is 2.30. The minimum atomic E-state index is 0.737. The number of aromatic nitrogens is 4. The van der Waals surface area contributed by atoms with Gasteiger partial charge in [-0.05, 0) is 17.5 Å². The lowest BCUT2D eigenvalue weighted by Gasteiger charge is -1.89. The van der Waals surface area contributed by atoms with Crippen molar-refractivity contribution in [2.24, 2.45) is 0 Å². The first-order valence-electron chi connectivity index (χ1n) is 5.86. The van der Waals surface area contributed by atoms with E-state index in [1.165, 1.54) is 4.70 Å². The number of rotatable bonds is 2. The number of pyridine rings is 1. The largest absolute Gasteiger partial charge is 0.448 e. The molecule has 0 amide bonds. The molecule has 0 aliphatic heterocycles. The molecule has 3 N–H and O–H groups in total. The number of nitrogens with one attached hydrogen (secondary N) is 3. The van der Waals surface area contributed by atoms with Gasteiger partial charge < -0.3 is 9.72 Å². The van der Waals surface area contributed by atoms with Crippen molar-refractivity contribution in [2.75, 3.05) is 7.11 Å². The standard InChI is InChI=1S/C13H10N4OS/c1-18-11-3-2-7-9(15-11)6-10(14-7)12-13-8(16-17-12)4-5-19-13/h2-6,14H,1H3,(H,16,17)/p+1. The summed E-state index contributed by atoms with van der Waals surface area (Å²) in [5.41, 5.74) is 5.05. The number of thiophene rings is 1. The number of methoxy groups -OCH3 is 1. The lowest BCUT2D eigenvalue weighted by atomic mass is 10.3. The molecule has 0 unspecified atom stereocenters. The highest BCUT2D eigenvalue weighted by molar-refractivity contribution is 7.17. The molecule has 0 aliphatic carbocycles. The summed E-state index contributed by atoms with van der Waals surface area (Å²) < 4.78 is 6.36. The van der Waals surface area contributed by atoms with Crippen LogP contribution in [-0.2, 0) is 0 Å². The molecule has 0 spiro atoms. The number of hydrogen-bond donors (Lipinski definition) is 2. The summed E-state index contributed by atoms with van der Waals surface area (Å²) in [5.74, 6) is 0.737. The van der Waals surface area contributed by atoms with Crippen LogP contribution in [0.5, 0.6) is 5.88 Å². The lowest BCUT2D eigenvalue weighted by molar-refractivity contribution is -0.361. The molecule has 0 atom stereocenters. The van der Waals surface area contributed by atoms with Gasteiger partial charge in [0.05, 0.1) is 29.1 Å². The van der Waals surface area contributed by atoms with Gasteiger partial charge in [-0.1, -0.05) is 0 Å². The van der Waals surface area contributed by atoms with Gasteiger partial charge in [0.1, 0.15) is 11.2 Å². The van der Waals surface area contributed by atoms with Crippen LogP contribution in [0.15, 0.2) is 29.6 Å².